The van der Waals surface area contributed by atoms with Gasteiger partial charge in [-0.25, -0.2) is 9.50 Å². The van der Waals surface area contributed by atoms with Gasteiger partial charge < -0.3 is 5.32 Å². The minimum absolute atomic E-state index is 0.0692. The van der Waals surface area contributed by atoms with Crippen LogP contribution in [0.1, 0.15) is 46.7 Å². The zero-order valence-corrected chi connectivity index (χ0v) is 12.7. The van der Waals surface area contributed by atoms with Crippen LogP contribution in [-0.2, 0) is 0 Å². The van der Waals surface area contributed by atoms with Gasteiger partial charge in [0, 0.05) is 17.4 Å². The summed E-state index contributed by atoms with van der Waals surface area (Å²) in [5.74, 6) is -0.0692. The molecule has 110 valence electrons. The highest BCUT2D eigenvalue weighted by Crippen LogP contribution is 2.18. The molecule has 5 nitrogen and oxygen atoms in total. The zero-order chi connectivity index (χ0) is 15.0. The van der Waals surface area contributed by atoms with E-state index >= 15 is 0 Å². The van der Waals surface area contributed by atoms with Crippen LogP contribution in [-0.4, -0.2) is 26.5 Å². The van der Waals surface area contributed by atoms with Crippen LogP contribution in [0, 0.1) is 20.8 Å². The van der Waals surface area contributed by atoms with E-state index in [-0.39, 0.29) is 11.9 Å². The van der Waals surface area contributed by atoms with Crippen LogP contribution in [0.4, 0.5) is 0 Å². The summed E-state index contributed by atoms with van der Waals surface area (Å²) in [6.45, 7) is 5.77. The fourth-order valence-corrected chi connectivity index (χ4v) is 2.88. The van der Waals surface area contributed by atoms with Gasteiger partial charge in [-0.15, -0.1) is 0 Å². The Morgan fingerprint density at radius 1 is 1.33 bits per heavy atom. The van der Waals surface area contributed by atoms with Gasteiger partial charge in [-0.3, -0.25) is 4.79 Å². The fourth-order valence-electron chi connectivity index (χ4n) is 2.88. The molecule has 1 N–H and O–H groups in total. The number of fused-ring (bicyclic) bond motifs is 1. The predicted molar refractivity (Wildman–Crippen MR) is 81.4 cm³/mol. The summed E-state index contributed by atoms with van der Waals surface area (Å²) in [6, 6.07) is 2.18. The van der Waals surface area contributed by atoms with E-state index in [4.69, 9.17) is 0 Å². The number of hydrogen-bond donors (Lipinski definition) is 1. The van der Waals surface area contributed by atoms with Gasteiger partial charge in [-0.05, 0) is 46.1 Å². The Morgan fingerprint density at radius 2 is 2.14 bits per heavy atom. The first kappa shape index (κ1) is 13.8. The molecule has 0 bridgehead atoms. The predicted octanol–water partition coefficient (Wildman–Crippen LogP) is 2.49. The van der Waals surface area contributed by atoms with Gasteiger partial charge >= 0.3 is 0 Å². The maximum absolute atomic E-state index is 12.6. The third kappa shape index (κ3) is 2.55. The van der Waals surface area contributed by atoms with E-state index in [1.54, 1.807) is 4.52 Å². The lowest BCUT2D eigenvalue weighted by atomic mass is 10.0. The lowest BCUT2D eigenvalue weighted by Crippen LogP contribution is -2.35. The van der Waals surface area contributed by atoms with Gasteiger partial charge in [0.2, 0.25) is 0 Å². The number of carbonyl (C=O) groups excluding carboxylic acids is 1. The number of rotatable bonds is 2. The highest BCUT2D eigenvalue weighted by Gasteiger charge is 2.22. The summed E-state index contributed by atoms with van der Waals surface area (Å²) in [5.41, 5.74) is 3.85. The Hall–Kier alpha value is -2.17. The maximum atomic E-state index is 12.6. The van der Waals surface area contributed by atoms with E-state index in [9.17, 15) is 4.79 Å². The maximum Gasteiger partial charge on any atom is 0.257 e. The molecule has 1 amide bonds. The van der Waals surface area contributed by atoms with Crippen molar-refractivity contribution in [2.45, 2.75) is 46.1 Å². The van der Waals surface area contributed by atoms with E-state index in [0.29, 0.717) is 11.2 Å². The highest BCUT2D eigenvalue weighted by atomic mass is 16.1. The molecule has 0 fully saturated rings. The molecule has 0 saturated heterocycles. The van der Waals surface area contributed by atoms with Gasteiger partial charge in [0.1, 0.15) is 5.56 Å². The van der Waals surface area contributed by atoms with E-state index in [1.807, 2.05) is 26.8 Å². The first-order valence-corrected chi connectivity index (χ1v) is 7.35. The number of hydrogen-bond acceptors (Lipinski definition) is 3. The van der Waals surface area contributed by atoms with Crippen LogP contribution in [0.25, 0.3) is 5.65 Å². The standard InChI is InChI=1S/C16H20N4O/c1-10-9-11(2)20-15(17-10)14(12(3)19-20)16(21)18-13-7-5-4-6-8-13/h4-5,9,13H,6-8H2,1-3H3,(H,18,21). The largest absolute Gasteiger partial charge is 0.349 e. The van der Waals surface area contributed by atoms with Crippen LogP contribution in [0.3, 0.4) is 0 Å². The molecule has 21 heavy (non-hydrogen) atoms. The summed E-state index contributed by atoms with van der Waals surface area (Å²) >= 11 is 0. The van der Waals surface area contributed by atoms with Crippen LogP contribution in [0.5, 0.6) is 0 Å². The smallest absolute Gasteiger partial charge is 0.257 e. The van der Waals surface area contributed by atoms with Crippen LogP contribution in [0.15, 0.2) is 18.2 Å². The SMILES string of the molecule is Cc1cc(C)n2nc(C)c(C(=O)NC3CC=CCC3)c2n1. The van der Waals surface area contributed by atoms with Gasteiger partial charge in [0.05, 0.1) is 5.69 Å². The second-order valence-corrected chi connectivity index (χ2v) is 5.69. The number of aryl methyl sites for hydroxylation is 3. The summed E-state index contributed by atoms with van der Waals surface area (Å²) in [7, 11) is 0. The topological polar surface area (TPSA) is 59.3 Å². The fraction of sp³-hybridized carbons (Fsp3) is 0.438. The molecule has 0 aliphatic heterocycles. The Morgan fingerprint density at radius 3 is 2.86 bits per heavy atom. The third-order valence-corrected chi connectivity index (χ3v) is 3.90. The van der Waals surface area contributed by atoms with Gasteiger partial charge in [-0.1, -0.05) is 12.2 Å². The summed E-state index contributed by atoms with van der Waals surface area (Å²) in [4.78, 5) is 17.1. The summed E-state index contributed by atoms with van der Waals surface area (Å²) < 4.78 is 1.75. The van der Waals surface area contributed by atoms with E-state index in [0.717, 1.165) is 36.3 Å². The minimum atomic E-state index is -0.0692. The second kappa shape index (κ2) is 5.31. The van der Waals surface area contributed by atoms with Crippen molar-refractivity contribution in [3.05, 3.63) is 40.9 Å². The molecule has 2 heterocycles. The molecule has 5 heteroatoms. The highest BCUT2D eigenvalue weighted by molar-refractivity contribution is 6.01. The summed E-state index contributed by atoms with van der Waals surface area (Å²) in [6.07, 6.45) is 7.21. The molecular formula is C16H20N4O. The molecule has 1 atom stereocenters. The average molecular weight is 284 g/mol. The molecule has 0 spiro atoms. The number of nitrogens with one attached hydrogen (secondary N) is 1. The molecule has 2 aromatic rings. The molecular weight excluding hydrogens is 264 g/mol. The van der Waals surface area contributed by atoms with Crippen LogP contribution in [0.2, 0.25) is 0 Å². The lowest BCUT2D eigenvalue weighted by Gasteiger charge is -2.19. The van der Waals surface area contributed by atoms with Crippen molar-refractivity contribution in [3.8, 4) is 0 Å². The molecule has 1 unspecified atom stereocenters. The van der Waals surface area contributed by atoms with Crippen molar-refractivity contribution >= 4 is 11.6 Å². The quantitative estimate of drug-likeness (QED) is 0.862. The molecule has 0 aromatic carbocycles. The minimum Gasteiger partial charge on any atom is -0.349 e. The van der Waals surface area contributed by atoms with Gasteiger partial charge in [0.15, 0.2) is 5.65 Å². The Kier molecular flexibility index (Phi) is 3.49. The van der Waals surface area contributed by atoms with Crippen molar-refractivity contribution in [1.29, 1.82) is 0 Å². The zero-order valence-electron chi connectivity index (χ0n) is 12.7. The average Bonchev–Trinajstić information content (AvgIpc) is 2.76. The second-order valence-electron chi connectivity index (χ2n) is 5.69. The van der Waals surface area contributed by atoms with Crippen molar-refractivity contribution in [2.24, 2.45) is 0 Å². The van der Waals surface area contributed by atoms with Crippen LogP contribution < -0.4 is 5.32 Å². The van der Waals surface area contributed by atoms with Crippen molar-refractivity contribution in [1.82, 2.24) is 19.9 Å². The number of carbonyl (C=O) groups is 1. The Labute approximate surface area is 124 Å². The monoisotopic (exact) mass is 284 g/mol. The first-order valence-electron chi connectivity index (χ1n) is 7.35. The molecule has 3 rings (SSSR count). The number of amides is 1. The van der Waals surface area contributed by atoms with Gasteiger partial charge in [-0.2, -0.15) is 5.10 Å². The number of allylic oxidation sites excluding steroid dienone is 1. The Bertz CT molecular complexity index is 729. The van der Waals surface area contributed by atoms with E-state index in [1.165, 1.54) is 0 Å². The molecule has 1 aliphatic rings. The normalized spacial score (nSPS) is 18.1. The summed E-state index contributed by atoms with van der Waals surface area (Å²) in [5, 5.41) is 7.56. The molecule has 1 aliphatic carbocycles. The number of aromatic nitrogens is 3. The third-order valence-electron chi connectivity index (χ3n) is 3.90. The van der Waals surface area contributed by atoms with E-state index in [2.05, 4.69) is 27.6 Å². The molecule has 0 radical (unpaired) electrons. The van der Waals surface area contributed by atoms with Crippen molar-refractivity contribution < 1.29 is 4.79 Å². The van der Waals surface area contributed by atoms with E-state index < -0.39 is 0 Å². The van der Waals surface area contributed by atoms with Crippen LogP contribution >= 0.6 is 0 Å². The number of nitrogens with zero attached hydrogens (tertiary/aromatic N) is 3. The first-order chi connectivity index (χ1) is 10.1. The molecule has 0 saturated carbocycles. The van der Waals surface area contributed by atoms with Crippen molar-refractivity contribution in [2.75, 3.05) is 0 Å². The Balaban J connectivity index is 1.97. The molecule has 2 aromatic heterocycles. The van der Waals surface area contributed by atoms with Gasteiger partial charge in [0.25, 0.3) is 5.91 Å². The van der Waals surface area contributed by atoms with Crippen molar-refractivity contribution in [3.63, 3.8) is 0 Å². The lowest BCUT2D eigenvalue weighted by molar-refractivity contribution is 0.0935.